The van der Waals surface area contributed by atoms with Crippen molar-refractivity contribution in [1.29, 1.82) is 0 Å². The largest absolute Gasteiger partial charge is 0.306 e. The predicted octanol–water partition coefficient (Wildman–Crippen LogP) is 2.84. The van der Waals surface area contributed by atoms with Crippen LogP contribution in [0.2, 0.25) is 0 Å². The van der Waals surface area contributed by atoms with E-state index in [4.69, 9.17) is 0 Å². The molecule has 0 spiro atoms. The van der Waals surface area contributed by atoms with Gasteiger partial charge in [0.25, 0.3) is 5.69 Å². The first-order valence-electron chi connectivity index (χ1n) is 6.03. The Hall–Kier alpha value is -2.27. The Bertz CT molecular complexity index is 558. The van der Waals surface area contributed by atoms with Crippen LogP contribution in [0, 0.1) is 10.1 Å². The number of aromatic nitrogens is 1. The third kappa shape index (κ3) is 3.59. The maximum absolute atomic E-state index is 10.7. The smallest absolute Gasteiger partial charge is 0.269 e. The zero-order valence-electron chi connectivity index (χ0n) is 10.6. The van der Waals surface area contributed by atoms with Crippen LogP contribution in [0.4, 0.5) is 5.69 Å². The topological polar surface area (TPSA) is 68.1 Å². The fourth-order valence-electron chi connectivity index (χ4n) is 1.82. The fourth-order valence-corrected chi connectivity index (χ4v) is 1.82. The van der Waals surface area contributed by atoms with Gasteiger partial charge in [-0.1, -0.05) is 12.1 Å². The number of hydrogen-bond acceptors (Lipinski definition) is 4. The molecule has 1 heterocycles. The molecule has 0 amide bonds. The second-order valence-corrected chi connectivity index (χ2v) is 4.31. The predicted molar refractivity (Wildman–Crippen MR) is 72.6 cm³/mol. The van der Waals surface area contributed by atoms with Crippen LogP contribution < -0.4 is 5.32 Å². The molecular weight excluding hydrogens is 242 g/mol. The van der Waals surface area contributed by atoms with Gasteiger partial charge in [0.15, 0.2) is 0 Å². The summed E-state index contributed by atoms with van der Waals surface area (Å²) in [5.41, 5.74) is 2.16. The number of hydrogen-bond donors (Lipinski definition) is 1. The minimum atomic E-state index is -0.379. The summed E-state index contributed by atoms with van der Waals surface area (Å²) >= 11 is 0. The van der Waals surface area contributed by atoms with Gasteiger partial charge in [0.05, 0.1) is 4.92 Å². The number of nitrogens with one attached hydrogen (secondary N) is 1. The summed E-state index contributed by atoms with van der Waals surface area (Å²) < 4.78 is 0. The van der Waals surface area contributed by atoms with Gasteiger partial charge in [-0.2, -0.15) is 0 Å². The van der Waals surface area contributed by atoms with Gasteiger partial charge < -0.3 is 5.32 Å². The molecule has 0 saturated heterocycles. The summed E-state index contributed by atoms with van der Waals surface area (Å²) in [6.07, 6.45) is 3.50. The molecule has 0 bridgehead atoms. The molecule has 0 fully saturated rings. The van der Waals surface area contributed by atoms with Gasteiger partial charge >= 0.3 is 0 Å². The average Bonchev–Trinajstić information content (AvgIpc) is 2.46. The first kappa shape index (κ1) is 13.2. The Morgan fingerprint density at radius 2 is 2.05 bits per heavy atom. The van der Waals surface area contributed by atoms with Gasteiger partial charge in [-0.3, -0.25) is 15.1 Å². The SMILES string of the molecule is CC(NCc1cccc([N+](=O)[O-])c1)c1ccncc1. The quantitative estimate of drug-likeness (QED) is 0.660. The van der Waals surface area contributed by atoms with E-state index < -0.39 is 0 Å². The average molecular weight is 257 g/mol. The molecule has 0 aliphatic carbocycles. The highest BCUT2D eigenvalue weighted by molar-refractivity contribution is 5.34. The number of rotatable bonds is 5. The van der Waals surface area contributed by atoms with Crippen LogP contribution in [0.25, 0.3) is 0 Å². The van der Waals surface area contributed by atoms with Crippen LogP contribution in [0.5, 0.6) is 0 Å². The number of non-ortho nitro benzene ring substituents is 1. The molecule has 1 atom stereocenters. The van der Waals surface area contributed by atoms with E-state index in [0.717, 1.165) is 11.1 Å². The van der Waals surface area contributed by atoms with Crippen molar-refractivity contribution in [2.24, 2.45) is 0 Å². The van der Waals surface area contributed by atoms with Crippen molar-refractivity contribution in [2.75, 3.05) is 0 Å². The molecule has 0 radical (unpaired) electrons. The Morgan fingerprint density at radius 3 is 2.74 bits per heavy atom. The molecule has 0 aliphatic rings. The summed E-state index contributed by atoms with van der Waals surface area (Å²) in [5, 5.41) is 14.0. The van der Waals surface area contributed by atoms with E-state index in [0.29, 0.717) is 6.54 Å². The third-order valence-corrected chi connectivity index (χ3v) is 2.94. The monoisotopic (exact) mass is 257 g/mol. The van der Waals surface area contributed by atoms with Crippen molar-refractivity contribution < 1.29 is 4.92 Å². The Morgan fingerprint density at radius 1 is 1.32 bits per heavy atom. The molecule has 1 unspecified atom stereocenters. The lowest BCUT2D eigenvalue weighted by atomic mass is 10.1. The van der Waals surface area contributed by atoms with Crippen molar-refractivity contribution in [3.63, 3.8) is 0 Å². The van der Waals surface area contributed by atoms with E-state index in [1.807, 2.05) is 25.1 Å². The number of benzene rings is 1. The van der Waals surface area contributed by atoms with Gasteiger partial charge in [-0.05, 0) is 30.2 Å². The highest BCUT2D eigenvalue weighted by Gasteiger charge is 2.07. The third-order valence-electron chi connectivity index (χ3n) is 2.94. The lowest BCUT2D eigenvalue weighted by molar-refractivity contribution is -0.384. The van der Waals surface area contributed by atoms with Gasteiger partial charge in [0.1, 0.15) is 0 Å². The summed E-state index contributed by atoms with van der Waals surface area (Å²) in [7, 11) is 0. The van der Waals surface area contributed by atoms with Crippen molar-refractivity contribution in [3.05, 3.63) is 70.0 Å². The van der Waals surface area contributed by atoms with Crippen molar-refractivity contribution >= 4 is 5.69 Å². The second-order valence-electron chi connectivity index (χ2n) is 4.31. The number of nitro benzene ring substituents is 1. The molecule has 1 aromatic heterocycles. The summed E-state index contributed by atoms with van der Waals surface area (Å²) in [6.45, 7) is 2.64. The van der Waals surface area contributed by atoms with Gasteiger partial charge in [-0.15, -0.1) is 0 Å². The fraction of sp³-hybridized carbons (Fsp3) is 0.214. The molecular formula is C14H15N3O2. The minimum Gasteiger partial charge on any atom is -0.306 e. The minimum absolute atomic E-state index is 0.121. The second kappa shape index (κ2) is 6.06. The van der Waals surface area contributed by atoms with E-state index in [1.165, 1.54) is 6.07 Å². The van der Waals surface area contributed by atoms with Crippen LogP contribution in [-0.2, 0) is 6.54 Å². The molecule has 5 nitrogen and oxygen atoms in total. The lowest BCUT2D eigenvalue weighted by Crippen LogP contribution is -2.18. The maximum Gasteiger partial charge on any atom is 0.269 e. The molecule has 2 aromatic rings. The van der Waals surface area contributed by atoms with Crippen molar-refractivity contribution in [2.45, 2.75) is 19.5 Å². The summed E-state index contributed by atoms with van der Waals surface area (Å²) in [4.78, 5) is 14.3. The molecule has 2 rings (SSSR count). The van der Waals surface area contributed by atoms with E-state index in [-0.39, 0.29) is 16.7 Å². The summed E-state index contributed by atoms with van der Waals surface area (Å²) in [5.74, 6) is 0. The van der Waals surface area contributed by atoms with Gasteiger partial charge in [0, 0.05) is 37.1 Å². The molecule has 0 aliphatic heterocycles. The molecule has 19 heavy (non-hydrogen) atoms. The highest BCUT2D eigenvalue weighted by atomic mass is 16.6. The van der Waals surface area contributed by atoms with Gasteiger partial charge in [-0.25, -0.2) is 0 Å². The zero-order valence-corrected chi connectivity index (χ0v) is 10.6. The Balaban J connectivity index is 1.99. The van der Waals surface area contributed by atoms with E-state index >= 15 is 0 Å². The number of nitrogens with zero attached hydrogens (tertiary/aromatic N) is 2. The number of pyridine rings is 1. The van der Waals surface area contributed by atoms with E-state index in [2.05, 4.69) is 10.3 Å². The highest BCUT2D eigenvalue weighted by Crippen LogP contribution is 2.15. The van der Waals surface area contributed by atoms with Crippen LogP contribution >= 0.6 is 0 Å². The van der Waals surface area contributed by atoms with Crippen LogP contribution in [-0.4, -0.2) is 9.91 Å². The lowest BCUT2D eigenvalue weighted by Gasteiger charge is -2.13. The molecule has 5 heteroatoms. The molecule has 1 N–H and O–H groups in total. The Labute approximate surface area is 111 Å². The van der Waals surface area contributed by atoms with Crippen LogP contribution in [0.15, 0.2) is 48.8 Å². The molecule has 0 saturated carbocycles. The zero-order chi connectivity index (χ0) is 13.7. The van der Waals surface area contributed by atoms with E-state index in [1.54, 1.807) is 24.5 Å². The van der Waals surface area contributed by atoms with Crippen LogP contribution in [0.1, 0.15) is 24.1 Å². The van der Waals surface area contributed by atoms with Crippen molar-refractivity contribution in [3.8, 4) is 0 Å². The Kier molecular flexibility index (Phi) is 4.20. The van der Waals surface area contributed by atoms with Gasteiger partial charge in [0.2, 0.25) is 0 Å². The standard InChI is InChI=1S/C14H15N3O2/c1-11(13-5-7-15-8-6-13)16-10-12-3-2-4-14(9-12)17(18)19/h2-9,11,16H,10H2,1H3. The van der Waals surface area contributed by atoms with Crippen LogP contribution in [0.3, 0.4) is 0 Å². The normalized spacial score (nSPS) is 12.1. The maximum atomic E-state index is 10.7. The van der Waals surface area contributed by atoms with Crippen molar-refractivity contribution in [1.82, 2.24) is 10.3 Å². The molecule has 1 aromatic carbocycles. The summed E-state index contributed by atoms with van der Waals surface area (Å²) in [6, 6.07) is 10.7. The first-order chi connectivity index (χ1) is 9.16. The number of nitro groups is 1. The van der Waals surface area contributed by atoms with E-state index in [9.17, 15) is 10.1 Å². The first-order valence-corrected chi connectivity index (χ1v) is 6.03. The molecule has 98 valence electrons.